The summed E-state index contributed by atoms with van der Waals surface area (Å²) in [7, 11) is 3.85. The lowest BCUT2D eigenvalue weighted by Crippen LogP contribution is -2.36. The molecule has 0 radical (unpaired) electrons. The number of rotatable bonds is 5. The molecule has 0 saturated carbocycles. The van der Waals surface area contributed by atoms with Gasteiger partial charge >= 0.3 is 0 Å². The van der Waals surface area contributed by atoms with Crippen LogP contribution in [-0.2, 0) is 13.1 Å². The maximum Gasteiger partial charge on any atom is 0.269 e. The van der Waals surface area contributed by atoms with Gasteiger partial charge in [0.25, 0.3) is 5.69 Å². The summed E-state index contributed by atoms with van der Waals surface area (Å²) < 4.78 is 0. The van der Waals surface area contributed by atoms with Crippen molar-refractivity contribution < 1.29 is 4.92 Å². The summed E-state index contributed by atoms with van der Waals surface area (Å²) in [4.78, 5) is 16.7. The Morgan fingerprint density at radius 1 is 1.09 bits per heavy atom. The van der Waals surface area contributed by atoms with Crippen LogP contribution < -0.4 is 5.32 Å². The van der Waals surface area contributed by atoms with Gasteiger partial charge in [-0.1, -0.05) is 42.5 Å². The van der Waals surface area contributed by atoms with E-state index >= 15 is 0 Å². The van der Waals surface area contributed by atoms with Gasteiger partial charge in [-0.2, -0.15) is 0 Å². The third kappa shape index (κ3) is 5.10. The van der Waals surface area contributed by atoms with E-state index < -0.39 is 4.92 Å². The highest BCUT2D eigenvalue weighted by Crippen LogP contribution is 2.11. The number of hydrogen-bond donors (Lipinski definition) is 1. The van der Waals surface area contributed by atoms with Crippen molar-refractivity contribution >= 4 is 11.6 Å². The van der Waals surface area contributed by atoms with Crippen molar-refractivity contribution in [3.63, 3.8) is 0 Å². The molecule has 0 fully saturated rings. The van der Waals surface area contributed by atoms with Crippen molar-refractivity contribution in [1.29, 1.82) is 0 Å². The van der Waals surface area contributed by atoms with Crippen LogP contribution in [0, 0.1) is 10.1 Å². The van der Waals surface area contributed by atoms with E-state index in [1.165, 1.54) is 12.1 Å². The van der Waals surface area contributed by atoms with Crippen molar-refractivity contribution in [3.8, 4) is 0 Å². The summed E-state index contributed by atoms with van der Waals surface area (Å²) in [5.41, 5.74) is 2.20. The molecule has 0 saturated heterocycles. The Bertz CT molecular complexity index is 667. The lowest BCUT2D eigenvalue weighted by atomic mass is 10.2. The predicted octanol–water partition coefficient (Wildman–Crippen LogP) is 2.80. The minimum absolute atomic E-state index is 0.0966. The van der Waals surface area contributed by atoms with Gasteiger partial charge in [-0.15, -0.1) is 0 Å². The first-order chi connectivity index (χ1) is 11.1. The van der Waals surface area contributed by atoms with E-state index in [4.69, 9.17) is 0 Å². The number of benzene rings is 2. The molecule has 6 heteroatoms. The number of nitrogens with zero attached hydrogens (tertiary/aromatic N) is 3. The van der Waals surface area contributed by atoms with Crippen molar-refractivity contribution in [2.75, 3.05) is 14.1 Å². The second-order valence-electron chi connectivity index (χ2n) is 5.30. The predicted molar refractivity (Wildman–Crippen MR) is 91.2 cm³/mol. The van der Waals surface area contributed by atoms with Crippen molar-refractivity contribution in [2.24, 2.45) is 4.99 Å². The summed E-state index contributed by atoms with van der Waals surface area (Å²) in [5, 5.41) is 13.9. The quantitative estimate of drug-likeness (QED) is 0.399. The molecule has 0 amide bonds. The van der Waals surface area contributed by atoms with Gasteiger partial charge in [0.2, 0.25) is 0 Å². The molecule has 2 aromatic carbocycles. The largest absolute Gasteiger partial charge is 0.352 e. The first-order valence-electron chi connectivity index (χ1n) is 7.29. The third-order valence-electron chi connectivity index (χ3n) is 3.28. The molecule has 120 valence electrons. The second kappa shape index (κ2) is 7.93. The maximum atomic E-state index is 10.7. The number of guanidine groups is 1. The number of non-ortho nitro benzene ring substituents is 1. The normalized spacial score (nSPS) is 11.1. The molecule has 0 aliphatic heterocycles. The summed E-state index contributed by atoms with van der Waals surface area (Å²) >= 11 is 0. The smallest absolute Gasteiger partial charge is 0.269 e. The number of aliphatic imine (C=N–C) groups is 1. The van der Waals surface area contributed by atoms with Crippen LogP contribution in [0.4, 0.5) is 5.69 Å². The SMILES string of the molecule is CN(C)C(=NCc1ccccc1)NCc1ccc([N+](=O)[O-])cc1. The molecule has 0 unspecified atom stereocenters. The van der Waals surface area contributed by atoms with Crippen LogP contribution in [0.3, 0.4) is 0 Å². The number of nitrogens with one attached hydrogen (secondary N) is 1. The minimum atomic E-state index is -0.399. The summed E-state index contributed by atoms with van der Waals surface area (Å²) in [6.07, 6.45) is 0. The zero-order valence-electron chi connectivity index (χ0n) is 13.3. The van der Waals surface area contributed by atoms with Crippen LogP contribution in [0.25, 0.3) is 0 Å². The molecule has 23 heavy (non-hydrogen) atoms. The van der Waals surface area contributed by atoms with Crippen LogP contribution in [0.2, 0.25) is 0 Å². The lowest BCUT2D eigenvalue weighted by molar-refractivity contribution is -0.384. The first-order valence-corrected chi connectivity index (χ1v) is 7.29. The number of nitro benzene ring substituents is 1. The zero-order chi connectivity index (χ0) is 16.7. The molecule has 2 aromatic rings. The van der Waals surface area contributed by atoms with Gasteiger partial charge in [-0.25, -0.2) is 4.99 Å². The average Bonchev–Trinajstić information content (AvgIpc) is 2.56. The van der Waals surface area contributed by atoms with E-state index in [-0.39, 0.29) is 5.69 Å². The Balaban J connectivity index is 1.98. The van der Waals surface area contributed by atoms with E-state index in [1.807, 2.05) is 49.3 Å². The van der Waals surface area contributed by atoms with E-state index in [0.29, 0.717) is 13.1 Å². The topological polar surface area (TPSA) is 70.8 Å². The molecule has 0 aliphatic rings. The Labute approximate surface area is 135 Å². The summed E-state index contributed by atoms with van der Waals surface area (Å²) in [6, 6.07) is 16.5. The highest BCUT2D eigenvalue weighted by atomic mass is 16.6. The third-order valence-corrected chi connectivity index (χ3v) is 3.28. The Morgan fingerprint density at radius 2 is 1.74 bits per heavy atom. The van der Waals surface area contributed by atoms with E-state index in [1.54, 1.807) is 12.1 Å². The molecule has 0 atom stereocenters. The summed E-state index contributed by atoms with van der Waals surface area (Å²) in [5.74, 6) is 0.771. The second-order valence-corrected chi connectivity index (χ2v) is 5.30. The minimum Gasteiger partial charge on any atom is -0.352 e. The van der Waals surface area contributed by atoms with Gasteiger partial charge < -0.3 is 10.2 Å². The van der Waals surface area contributed by atoms with Crippen molar-refractivity contribution in [2.45, 2.75) is 13.1 Å². The zero-order valence-corrected chi connectivity index (χ0v) is 13.3. The van der Waals surface area contributed by atoms with Crippen LogP contribution in [0.15, 0.2) is 59.6 Å². The molecule has 0 aromatic heterocycles. The standard InChI is InChI=1S/C17H20N4O2/c1-20(2)17(18-12-14-6-4-3-5-7-14)19-13-15-8-10-16(11-9-15)21(22)23/h3-11H,12-13H2,1-2H3,(H,18,19). The van der Waals surface area contributed by atoms with Gasteiger partial charge in [0, 0.05) is 32.8 Å². The molecule has 0 heterocycles. The molecular formula is C17H20N4O2. The molecule has 2 rings (SSSR count). The lowest BCUT2D eigenvalue weighted by Gasteiger charge is -2.17. The van der Waals surface area contributed by atoms with Gasteiger partial charge in [0.05, 0.1) is 11.5 Å². The van der Waals surface area contributed by atoms with Crippen LogP contribution in [0.1, 0.15) is 11.1 Å². The van der Waals surface area contributed by atoms with E-state index in [9.17, 15) is 10.1 Å². The van der Waals surface area contributed by atoms with Gasteiger partial charge in [-0.05, 0) is 11.1 Å². The Kier molecular flexibility index (Phi) is 5.68. The molecular weight excluding hydrogens is 292 g/mol. The van der Waals surface area contributed by atoms with Crippen molar-refractivity contribution in [1.82, 2.24) is 10.2 Å². The highest BCUT2D eigenvalue weighted by Gasteiger charge is 2.05. The van der Waals surface area contributed by atoms with E-state index in [0.717, 1.165) is 17.1 Å². The number of nitro groups is 1. The molecule has 0 aliphatic carbocycles. The van der Waals surface area contributed by atoms with E-state index in [2.05, 4.69) is 10.3 Å². The molecule has 0 bridgehead atoms. The fraction of sp³-hybridized carbons (Fsp3) is 0.235. The average molecular weight is 312 g/mol. The van der Waals surface area contributed by atoms with Gasteiger partial charge in [-0.3, -0.25) is 10.1 Å². The highest BCUT2D eigenvalue weighted by molar-refractivity contribution is 5.79. The molecule has 6 nitrogen and oxygen atoms in total. The Morgan fingerprint density at radius 3 is 2.30 bits per heavy atom. The number of hydrogen-bond acceptors (Lipinski definition) is 3. The van der Waals surface area contributed by atoms with Crippen LogP contribution >= 0.6 is 0 Å². The fourth-order valence-electron chi connectivity index (χ4n) is 2.02. The maximum absolute atomic E-state index is 10.7. The summed E-state index contributed by atoms with van der Waals surface area (Å²) in [6.45, 7) is 1.16. The van der Waals surface area contributed by atoms with Crippen LogP contribution in [0.5, 0.6) is 0 Å². The van der Waals surface area contributed by atoms with Gasteiger partial charge in [0.1, 0.15) is 0 Å². The van der Waals surface area contributed by atoms with Gasteiger partial charge in [0.15, 0.2) is 5.96 Å². The Hall–Kier alpha value is -2.89. The van der Waals surface area contributed by atoms with Crippen LogP contribution in [-0.4, -0.2) is 29.9 Å². The molecule has 0 spiro atoms. The first kappa shape index (κ1) is 16.5. The monoisotopic (exact) mass is 312 g/mol. The fourth-order valence-corrected chi connectivity index (χ4v) is 2.02. The molecule has 1 N–H and O–H groups in total. The van der Waals surface area contributed by atoms with Crippen molar-refractivity contribution in [3.05, 3.63) is 75.8 Å².